The second-order valence-electron chi connectivity index (χ2n) is 5.47. The van der Waals surface area contributed by atoms with Gasteiger partial charge in [-0.05, 0) is 30.2 Å². The number of hydrogen-bond donors (Lipinski definition) is 2. The van der Waals surface area contributed by atoms with Crippen LogP contribution in [0.1, 0.15) is 5.56 Å². The molecule has 0 unspecified atom stereocenters. The van der Waals surface area contributed by atoms with Crippen molar-refractivity contribution in [2.24, 2.45) is 12.8 Å². The first-order valence-electron chi connectivity index (χ1n) is 7.39. The van der Waals surface area contributed by atoms with E-state index in [4.69, 9.17) is 5.73 Å². The number of thiophene rings is 1. The van der Waals surface area contributed by atoms with Crippen molar-refractivity contribution in [1.82, 2.24) is 14.8 Å². The Morgan fingerprint density at radius 1 is 1.25 bits per heavy atom. The fourth-order valence-corrected chi connectivity index (χ4v) is 3.35. The summed E-state index contributed by atoms with van der Waals surface area (Å²) in [5.74, 6) is -0.390. The minimum absolute atomic E-state index is 0.128. The van der Waals surface area contributed by atoms with E-state index in [0.29, 0.717) is 18.5 Å². The molecule has 0 fully saturated rings. The first-order valence-corrected chi connectivity index (χ1v) is 8.27. The summed E-state index contributed by atoms with van der Waals surface area (Å²) >= 11 is 1.52. The molecule has 0 radical (unpaired) electrons. The van der Waals surface area contributed by atoms with E-state index < -0.39 is 11.6 Å². The second-order valence-corrected chi connectivity index (χ2v) is 6.38. The molecule has 0 amide bonds. The molecule has 0 spiro atoms. The highest BCUT2D eigenvalue weighted by molar-refractivity contribution is 7.14. The van der Waals surface area contributed by atoms with Crippen molar-refractivity contribution in [3.8, 4) is 11.4 Å². The summed E-state index contributed by atoms with van der Waals surface area (Å²) in [6.07, 6.45) is 1.93. The minimum atomic E-state index is -0.582. The lowest BCUT2D eigenvalue weighted by Gasteiger charge is -2.17. The standard InChI is InChI=1S/C16H17F2N5S/c1-23-16(20-9-21-23)11-5-15(24-8-11)22-14(7-19)4-10-2-12(17)6-13(18)3-10/h2-3,5-6,8-9,14,22H,4,7,19H2,1H3/t14-/m0/s1. The Balaban J connectivity index is 1.71. The Hall–Kier alpha value is -2.32. The SMILES string of the molecule is Cn1ncnc1-c1csc(N[C@H](CN)Cc2cc(F)cc(F)c2)c1. The first-order chi connectivity index (χ1) is 11.5. The Morgan fingerprint density at radius 3 is 2.62 bits per heavy atom. The number of halogens is 2. The lowest BCUT2D eigenvalue weighted by Crippen LogP contribution is -2.30. The van der Waals surface area contributed by atoms with Crippen LogP contribution in [0, 0.1) is 11.6 Å². The zero-order chi connectivity index (χ0) is 17.1. The van der Waals surface area contributed by atoms with Gasteiger partial charge in [0.2, 0.25) is 0 Å². The van der Waals surface area contributed by atoms with Crippen LogP contribution in [0.15, 0.2) is 36.0 Å². The number of nitrogens with one attached hydrogen (secondary N) is 1. The van der Waals surface area contributed by atoms with E-state index in [2.05, 4.69) is 15.4 Å². The maximum absolute atomic E-state index is 13.3. The largest absolute Gasteiger partial charge is 0.373 e. The maximum Gasteiger partial charge on any atom is 0.158 e. The molecule has 3 aromatic rings. The van der Waals surface area contributed by atoms with Crippen LogP contribution >= 0.6 is 11.3 Å². The van der Waals surface area contributed by atoms with Gasteiger partial charge in [0, 0.05) is 36.6 Å². The van der Waals surface area contributed by atoms with Gasteiger partial charge in [0.1, 0.15) is 18.0 Å². The van der Waals surface area contributed by atoms with Crippen LogP contribution in [0.2, 0.25) is 0 Å². The molecular weight excluding hydrogens is 332 g/mol. The lowest BCUT2D eigenvalue weighted by molar-refractivity contribution is 0.577. The van der Waals surface area contributed by atoms with Gasteiger partial charge in [0.15, 0.2) is 5.82 Å². The second kappa shape index (κ2) is 7.06. The number of aryl methyl sites for hydroxylation is 1. The summed E-state index contributed by atoms with van der Waals surface area (Å²) in [4.78, 5) is 4.21. The predicted octanol–water partition coefficient (Wildman–Crippen LogP) is 2.80. The zero-order valence-corrected chi connectivity index (χ0v) is 13.9. The summed E-state index contributed by atoms with van der Waals surface area (Å²) in [5, 5.41) is 10.3. The molecule has 3 rings (SSSR count). The van der Waals surface area contributed by atoms with E-state index in [0.717, 1.165) is 22.5 Å². The third-order valence-electron chi connectivity index (χ3n) is 3.60. The number of rotatable bonds is 6. The summed E-state index contributed by atoms with van der Waals surface area (Å²) in [5.41, 5.74) is 7.32. The number of aromatic nitrogens is 3. The van der Waals surface area contributed by atoms with Gasteiger partial charge in [-0.1, -0.05) is 0 Å². The van der Waals surface area contributed by atoms with Crippen molar-refractivity contribution >= 4 is 16.3 Å². The third-order valence-corrected chi connectivity index (χ3v) is 4.47. The molecule has 24 heavy (non-hydrogen) atoms. The van der Waals surface area contributed by atoms with Crippen molar-refractivity contribution in [2.45, 2.75) is 12.5 Å². The van der Waals surface area contributed by atoms with Crippen molar-refractivity contribution in [3.63, 3.8) is 0 Å². The highest BCUT2D eigenvalue weighted by Gasteiger charge is 2.13. The van der Waals surface area contributed by atoms with Crippen LogP contribution in [0.3, 0.4) is 0 Å². The number of anilines is 1. The van der Waals surface area contributed by atoms with E-state index in [1.165, 1.54) is 29.8 Å². The van der Waals surface area contributed by atoms with Crippen molar-refractivity contribution < 1.29 is 8.78 Å². The zero-order valence-electron chi connectivity index (χ0n) is 13.0. The topological polar surface area (TPSA) is 68.8 Å². The van der Waals surface area contributed by atoms with Crippen LogP contribution in [-0.4, -0.2) is 27.4 Å². The fraction of sp³-hybridized carbons (Fsp3) is 0.250. The normalized spacial score (nSPS) is 12.3. The molecule has 1 aromatic carbocycles. The summed E-state index contributed by atoms with van der Waals surface area (Å²) in [6.45, 7) is 0.343. The van der Waals surface area contributed by atoms with Gasteiger partial charge >= 0.3 is 0 Å². The van der Waals surface area contributed by atoms with E-state index in [1.807, 2.05) is 18.5 Å². The van der Waals surface area contributed by atoms with E-state index >= 15 is 0 Å². The van der Waals surface area contributed by atoms with Crippen LogP contribution in [0.5, 0.6) is 0 Å². The first kappa shape index (κ1) is 16.5. The molecule has 126 valence electrons. The Kier molecular flexibility index (Phi) is 4.86. The fourth-order valence-electron chi connectivity index (χ4n) is 2.49. The molecular formula is C16H17F2N5S. The van der Waals surface area contributed by atoms with Gasteiger partial charge < -0.3 is 11.1 Å². The molecule has 0 saturated carbocycles. The lowest BCUT2D eigenvalue weighted by atomic mass is 10.1. The van der Waals surface area contributed by atoms with E-state index in [1.54, 1.807) is 4.68 Å². The predicted molar refractivity (Wildman–Crippen MR) is 90.8 cm³/mol. The molecule has 0 bridgehead atoms. The molecule has 0 saturated heterocycles. The molecule has 0 aliphatic carbocycles. The minimum Gasteiger partial charge on any atom is -0.373 e. The molecule has 2 heterocycles. The number of nitrogens with two attached hydrogens (primary N) is 1. The van der Waals surface area contributed by atoms with Crippen molar-refractivity contribution in [2.75, 3.05) is 11.9 Å². The summed E-state index contributed by atoms with van der Waals surface area (Å²) < 4.78 is 28.3. The quantitative estimate of drug-likeness (QED) is 0.718. The monoisotopic (exact) mass is 349 g/mol. The van der Waals surface area contributed by atoms with Gasteiger partial charge in [-0.3, -0.25) is 0 Å². The smallest absolute Gasteiger partial charge is 0.158 e. The highest BCUT2D eigenvalue weighted by atomic mass is 32.1. The third kappa shape index (κ3) is 3.77. The number of nitrogens with zero attached hydrogens (tertiary/aromatic N) is 3. The molecule has 1 atom stereocenters. The van der Waals surface area contributed by atoms with E-state index in [-0.39, 0.29) is 6.04 Å². The summed E-state index contributed by atoms with van der Waals surface area (Å²) in [6, 6.07) is 5.35. The Labute approximate surface area is 142 Å². The van der Waals surface area contributed by atoms with Crippen LogP contribution in [-0.2, 0) is 13.5 Å². The Bertz CT molecular complexity index is 809. The molecule has 3 N–H and O–H groups in total. The number of benzene rings is 1. The molecule has 0 aliphatic heterocycles. The average molecular weight is 349 g/mol. The summed E-state index contributed by atoms with van der Waals surface area (Å²) in [7, 11) is 1.83. The van der Waals surface area contributed by atoms with Gasteiger partial charge in [0.05, 0.1) is 5.00 Å². The van der Waals surface area contributed by atoms with Gasteiger partial charge in [-0.15, -0.1) is 11.3 Å². The van der Waals surface area contributed by atoms with Gasteiger partial charge in [-0.2, -0.15) is 5.10 Å². The van der Waals surface area contributed by atoms with E-state index in [9.17, 15) is 8.78 Å². The molecule has 0 aliphatic rings. The molecule has 2 aromatic heterocycles. The molecule has 5 nitrogen and oxygen atoms in total. The van der Waals surface area contributed by atoms with Crippen LogP contribution in [0.25, 0.3) is 11.4 Å². The maximum atomic E-state index is 13.3. The molecule has 8 heteroatoms. The van der Waals surface area contributed by atoms with Gasteiger partial charge in [0.25, 0.3) is 0 Å². The highest BCUT2D eigenvalue weighted by Crippen LogP contribution is 2.28. The Morgan fingerprint density at radius 2 is 2.00 bits per heavy atom. The van der Waals surface area contributed by atoms with Crippen LogP contribution in [0.4, 0.5) is 13.8 Å². The van der Waals surface area contributed by atoms with Crippen molar-refractivity contribution in [1.29, 1.82) is 0 Å². The average Bonchev–Trinajstić information content (AvgIpc) is 3.14. The van der Waals surface area contributed by atoms with Crippen LogP contribution < -0.4 is 11.1 Å². The van der Waals surface area contributed by atoms with Crippen molar-refractivity contribution in [3.05, 3.63) is 53.2 Å². The van der Waals surface area contributed by atoms with Gasteiger partial charge in [-0.25, -0.2) is 18.4 Å². The number of hydrogen-bond acceptors (Lipinski definition) is 5.